The lowest BCUT2D eigenvalue weighted by atomic mass is 10.1. The van der Waals surface area contributed by atoms with Crippen LogP contribution in [0.4, 0.5) is 4.79 Å². The molecule has 0 unspecified atom stereocenters. The number of fused-ring (bicyclic) bond motifs is 1. The first-order valence-electron chi connectivity index (χ1n) is 9.00. The number of carbonyl (C=O) groups excluding carboxylic acids is 3. The number of carboxylic acid groups (broad SMARTS) is 1. The smallest absolute Gasteiger partial charge is 0.410 e. The van der Waals surface area contributed by atoms with E-state index in [1.807, 2.05) is 0 Å². The maximum Gasteiger partial charge on any atom is 0.410 e. The minimum Gasteiger partial charge on any atom is -0.478 e. The second-order valence-electron chi connectivity index (χ2n) is 8.78. The van der Waals surface area contributed by atoms with E-state index in [-0.39, 0.29) is 36.6 Å². The molecule has 0 aliphatic carbocycles. The van der Waals surface area contributed by atoms with E-state index < -0.39 is 34.9 Å². The van der Waals surface area contributed by atoms with E-state index >= 15 is 0 Å². The minimum absolute atomic E-state index is 0.00186. The highest BCUT2D eigenvalue weighted by Gasteiger charge is 2.33. The van der Waals surface area contributed by atoms with Crippen molar-refractivity contribution in [2.45, 2.75) is 65.8 Å². The van der Waals surface area contributed by atoms with Crippen LogP contribution in [-0.4, -0.2) is 56.0 Å². The Hall–Kier alpha value is -2.84. The molecule has 9 nitrogen and oxygen atoms in total. The number of Topliss-reactive ketones (excluding diaryl/α,β-unsaturated/α-hetero) is 1. The zero-order valence-corrected chi connectivity index (χ0v) is 17.1. The van der Waals surface area contributed by atoms with Crippen molar-refractivity contribution in [3.8, 4) is 0 Å². The first-order chi connectivity index (χ1) is 12.7. The van der Waals surface area contributed by atoms with Crippen LogP contribution in [0, 0.1) is 0 Å². The third-order valence-electron chi connectivity index (χ3n) is 3.95. The Morgan fingerprint density at radius 2 is 1.68 bits per heavy atom. The lowest BCUT2D eigenvalue weighted by molar-refractivity contribution is -0.118. The average Bonchev–Trinajstić information content (AvgIpc) is 2.89. The van der Waals surface area contributed by atoms with E-state index in [0.29, 0.717) is 0 Å². The van der Waals surface area contributed by atoms with Gasteiger partial charge in [-0.25, -0.2) is 9.59 Å². The van der Waals surface area contributed by atoms with E-state index in [4.69, 9.17) is 4.74 Å². The number of ether oxygens (including phenoxy) is 1. The van der Waals surface area contributed by atoms with Crippen molar-refractivity contribution in [3.05, 3.63) is 23.0 Å². The Bertz CT molecular complexity index is 826. The van der Waals surface area contributed by atoms with Gasteiger partial charge in [-0.15, -0.1) is 0 Å². The maximum absolute atomic E-state index is 12.6. The molecule has 2 amide bonds. The van der Waals surface area contributed by atoms with E-state index in [1.165, 1.54) is 15.5 Å². The number of hydrogen-bond donors (Lipinski definition) is 2. The number of hydrogen-bond acceptors (Lipinski definition) is 5. The van der Waals surface area contributed by atoms with Gasteiger partial charge in [-0.3, -0.25) is 9.59 Å². The van der Waals surface area contributed by atoms with E-state index in [2.05, 4.69) is 5.32 Å². The summed E-state index contributed by atoms with van der Waals surface area (Å²) in [5.74, 6) is -2.85. The molecule has 1 aliphatic rings. The zero-order chi connectivity index (χ0) is 21.4. The molecule has 1 aliphatic heterocycles. The molecule has 0 radical (unpaired) electrons. The van der Waals surface area contributed by atoms with Crippen LogP contribution in [-0.2, 0) is 22.6 Å². The normalized spacial score (nSPS) is 14.3. The van der Waals surface area contributed by atoms with Crippen LogP contribution in [0.15, 0.2) is 6.07 Å². The molecule has 1 aromatic heterocycles. The Labute approximate surface area is 163 Å². The summed E-state index contributed by atoms with van der Waals surface area (Å²) in [7, 11) is 0. The predicted molar refractivity (Wildman–Crippen MR) is 100 cm³/mol. The molecule has 2 rings (SSSR count). The first-order valence-corrected chi connectivity index (χ1v) is 9.00. The van der Waals surface area contributed by atoms with Gasteiger partial charge in [-0.1, -0.05) is 0 Å². The lowest BCUT2D eigenvalue weighted by Crippen LogP contribution is -2.45. The molecular formula is C19H27N3O6. The number of nitrogens with one attached hydrogen (secondary N) is 1. The predicted octanol–water partition coefficient (Wildman–Crippen LogP) is 2.03. The van der Waals surface area contributed by atoms with Gasteiger partial charge >= 0.3 is 12.1 Å². The summed E-state index contributed by atoms with van der Waals surface area (Å²) < 4.78 is 6.83. The van der Waals surface area contributed by atoms with Gasteiger partial charge < -0.3 is 24.6 Å². The summed E-state index contributed by atoms with van der Waals surface area (Å²) in [5.41, 5.74) is -1.11. The lowest BCUT2D eigenvalue weighted by Gasteiger charge is -2.31. The van der Waals surface area contributed by atoms with Gasteiger partial charge in [0.2, 0.25) is 0 Å². The highest BCUT2D eigenvalue weighted by atomic mass is 16.6. The summed E-state index contributed by atoms with van der Waals surface area (Å²) in [5, 5.41) is 12.1. The van der Waals surface area contributed by atoms with Crippen molar-refractivity contribution in [1.82, 2.24) is 14.8 Å². The molecule has 0 atom stereocenters. The van der Waals surface area contributed by atoms with Crippen LogP contribution in [0.2, 0.25) is 0 Å². The molecule has 154 valence electrons. The van der Waals surface area contributed by atoms with Gasteiger partial charge in [-0.2, -0.15) is 0 Å². The molecule has 2 heterocycles. The summed E-state index contributed by atoms with van der Waals surface area (Å²) in [6.45, 7) is 10.8. The van der Waals surface area contributed by atoms with Crippen LogP contribution in [0.1, 0.15) is 68.1 Å². The van der Waals surface area contributed by atoms with Gasteiger partial charge in [0.25, 0.3) is 11.7 Å². The van der Waals surface area contributed by atoms with Crippen molar-refractivity contribution < 1.29 is 29.0 Å². The summed E-state index contributed by atoms with van der Waals surface area (Å²) in [6, 6.07) is 1.20. The summed E-state index contributed by atoms with van der Waals surface area (Å²) in [4.78, 5) is 50.2. The van der Waals surface area contributed by atoms with Gasteiger partial charge in [0.05, 0.1) is 23.5 Å². The number of carbonyl (C=O) groups is 4. The Kier molecular flexibility index (Phi) is 5.59. The van der Waals surface area contributed by atoms with Gasteiger partial charge in [0, 0.05) is 18.6 Å². The van der Waals surface area contributed by atoms with Crippen molar-refractivity contribution in [1.29, 1.82) is 0 Å². The molecule has 0 spiro atoms. The molecule has 0 aromatic carbocycles. The number of aromatic nitrogens is 1. The fourth-order valence-electron chi connectivity index (χ4n) is 2.86. The highest BCUT2D eigenvalue weighted by molar-refractivity contribution is 6.42. The molecular weight excluding hydrogens is 366 g/mol. The molecule has 0 bridgehead atoms. The van der Waals surface area contributed by atoms with Gasteiger partial charge in [0.1, 0.15) is 5.60 Å². The topological polar surface area (TPSA) is 118 Å². The monoisotopic (exact) mass is 393 g/mol. The number of carboxylic acids is 1. The quantitative estimate of drug-likeness (QED) is 0.599. The SMILES string of the molecule is CC(C)(C)NC(=O)C(=O)c1cc(C(=O)O)c2n1CCN(C(=O)OC(C)(C)C)C2. The molecule has 0 saturated carbocycles. The van der Waals surface area contributed by atoms with E-state index in [0.717, 1.165) is 0 Å². The molecule has 1 aromatic rings. The van der Waals surface area contributed by atoms with Crippen LogP contribution in [0.5, 0.6) is 0 Å². The fraction of sp³-hybridized carbons (Fsp3) is 0.579. The van der Waals surface area contributed by atoms with Crippen molar-refractivity contribution in [3.63, 3.8) is 0 Å². The Balaban J connectivity index is 2.34. The Morgan fingerprint density at radius 1 is 1.07 bits per heavy atom. The first kappa shape index (κ1) is 21.5. The standard InChI is InChI=1S/C19H27N3O6/c1-18(2,3)20-15(24)14(23)12-9-11(16(25)26)13-10-21(7-8-22(12)13)17(27)28-19(4,5)6/h9H,7-8,10H2,1-6H3,(H,20,24)(H,25,26). The maximum atomic E-state index is 12.6. The number of nitrogens with zero attached hydrogens (tertiary/aromatic N) is 2. The Morgan fingerprint density at radius 3 is 2.18 bits per heavy atom. The van der Waals surface area contributed by atoms with Crippen molar-refractivity contribution >= 4 is 23.8 Å². The number of ketones is 1. The highest BCUT2D eigenvalue weighted by Crippen LogP contribution is 2.24. The van der Waals surface area contributed by atoms with Crippen LogP contribution in [0.25, 0.3) is 0 Å². The van der Waals surface area contributed by atoms with Crippen LogP contribution in [0.3, 0.4) is 0 Å². The third-order valence-corrected chi connectivity index (χ3v) is 3.95. The number of aromatic carboxylic acids is 1. The van der Waals surface area contributed by atoms with Crippen molar-refractivity contribution in [2.24, 2.45) is 0 Å². The molecule has 9 heteroatoms. The molecule has 28 heavy (non-hydrogen) atoms. The summed E-state index contributed by atoms with van der Waals surface area (Å²) >= 11 is 0. The molecule has 0 saturated heterocycles. The van der Waals surface area contributed by atoms with Crippen LogP contribution >= 0.6 is 0 Å². The van der Waals surface area contributed by atoms with Crippen LogP contribution < -0.4 is 5.32 Å². The largest absolute Gasteiger partial charge is 0.478 e. The van der Waals surface area contributed by atoms with E-state index in [9.17, 15) is 24.3 Å². The second-order valence-corrected chi connectivity index (χ2v) is 8.78. The number of amides is 2. The molecule has 2 N–H and O–H groups in total. The van der Waals surface area contributed by atoms with Gasteiger partial charge in [-0.05, 0) is 47.6 Å². The van der Waals surface area contributed by atoms with Gasteiger partial charge in [0.15, 0.2) is 0 Å². The minimum atomic E-state index is -1.23. The van der Waals surface area contributed by atoms with E-state index in [1.54, 1.807) is 41.5 Å². The summed E-state index contributed by atoms with van der Waals surface area (Å²) in [6.07, 6.45) is -0.561. The number of rotatable bonds is 3. The van der Waals surface area contributed by atoms with Crippen molar-refractivity contribution in [2.75, 3.05) is 6.54 Å². The second kappa shape index (κ2) is 7.29. The zero-order valence-electron chi connectivity index (χ0n) is 17.1. The average molecular weight is 393 g/mol. The fourth-order valence-corrected chi connectivity index (χ4v) is 2.86. The third kappa shape index (κ3) is 4.90. The molecule has 0 fully saturated rings.